The second-order valence-corrected chi connectivity index (χ2v) is 7.87. The highest BCUT2D eigenvalue weighted by Crippen LogP contribution is 2.40. The van der Waals surface area contributed by atoms with E-state index in [1.54, 1.807) is 43.3 Å². The third kappa shape index (κ3) is 4.08. The van der Waals surface area contributed by atoms with Gasteiger partial charge in [0.15, 0.2) is 0 Å². The summed E-state index contributed by atoms with van der Waals surface area (Å²) in [4.78, 5) is 27.4. The molecule has 5 nitrogen and oxygen atoms in total. The van der Waals surface area contributed by atoms with Gasteiger partial charge in [-0.1, -0.05) is 43.3 Å². The van der Waals surface area contributed by atoms with E-state index in [1.807, 2.05) is 19.1 Å². The molecule has 0 aliphatic carbocycles. The highest BCUT2D eigenvalue weighted by atomic mass is 19.1. The summed E-state index contributed by atoms with van der Waals surface area (Å²) in [6.45, 7) is 4.02. The molecule has 32 heavy (non-hydrogen) atoms. The van der Waals surface area contributed by atoms with Crippen LogP contribution in [-0.4, -0.2) is 28.2 Å². The van der Waals surface area contributed by atoms with E-state index in [9.17, 15) is 19.1 Å². The fraction of sp³-hybridized carbons (Fsp3) is 0.231. The molecule has 1 aromatic heterocycles. The Bertz CT molecular complexity index is 1180. The monoisotopic (exact) mass is 433 g/mol. The van der Waals surface area contributed by atoms with Crippen molar-refractivity contribution >= 4 is 17.4 Å². The van der Waals surface area contributed by atoms with Gasteiger partial charge >= 0.3 is 0 Å². The van der Waals surface area contributed by atoms with Crippen LogP contribution in [0, 0.1) is 12.7 Å². The molecule has 4 rings (SSSR count). The van der Waals surface area contributed by atoms with Gasteiger partial charge in [0.25, 0.3) is 11.7 Å². The average Bonchev–Trinajstić information content (AvgIpc) is 3.34. The van der Waals surface area contributed by atoms with Gasteiger partial charge in [-0.2, -0.15) is 0 Å². The lowest BCUT2D eigenvalue weighted by Crippen LogP contribution is -2.31. The average molecular weight is 433 g/mol. The standard InChI is InChI=1S/C26H24FNO4/c1-3-17-5-9-19(10-6-17)24(29)22-23(21-13-4-16(2)32-21)28(26(31)25(22)30)15-14-18-7-11-20(27)12-8-18/h4-13,23,29H,3,14-15H2,1-2H3/b24-22-. The number of likely N-dealkylation sites (tertiary alicyclic amines) is 1. The van der Waals surface area contributed by atoms with Gasteiger partial charge in [0.05, 0.1) is 5.57 Å². The predicted molar refractivity (Wildman–Crippen MR) is 118 cm³/mol. The molecule has 0 bridgehead atoms. The van der Waals surface area contributed by atoms with Crippen LogP contribution in [0.5, 0.6) is 0 Å². The van der Waals surface area contributed by atoms with Crippen LogP contribution >= 0.6 is 0 Å². The summed E-state index contributed by atoms with van der Waals surface area (Å²) in [5.74, 6) is -0.967. The second kappa shape index (κ2) is 8.83. The topological polar surface area (TPSA) is 70.8 Å². The number of Topliss-reactive ketones (excluding diaryl/α,β-unsaturated/α-hetero) is 1. The number of aliphatic hydroxyl groups is 1. The molecule has 164 valence electrons. The molecule has 1 N–H and O–H groups in total. The molecule has 2 aromatic carbocycles. The third-order valence-electron chi connectivity index (χ3n) is 5.76. The van der Waals surface area contributed by atoms with Crippen LogP contribution in [0.4, 0.5) is 4.39 Å². The second-order valence-electron chi connectivity index (χ2n) is 7.87. The summed E-state index contributed by atoms with van der Waals surface area (Å²) < 4.78 is 19.0. The first-order valence-corrected chi connectivity index (χ1v) is 10.6. The minimum atomic E-state index is -0.838. The largest absolute Gasteiger partial charge is 0.507 e. The number of carbonyl (C=O) groups excluding carboxylic acids is 2. The molecule has 1 amide bonds. The molecule has 1 atom stereocenters. The lowest BCUT2D eigenvalue weighted by atomic mass is 9.98. The Hall–Kier alpha value is -3.67. The third-order valence-corrected chi connectivity index (χ3v) is 5.76. The van der Waals surface area contributed by atoms with Crippen molar-refractivity contribution in [2.45, 2.75) is 32.7 Å². The first kappa shape index (κ1) is 21.6. The molecule has 1 saturated heterocycles. The van der Waals surface area contributed by atoms with E-state index in [-0.39, 0.29) is 23.7 Å². The molecular weight excluding hydrogens is 409 g/mol. The van der Waals surface area contributed by atoms with Crippen LogP contribution in [0.3, 0.4) is 0 Å². The number of benzene rings is 2. The number of ketones is 1. The number of carbonyl (C=O) groups is 2. The quantitative estimate of drug-likeness (QED) is 0.339. The van der Waals surface area contributed by atoms with E-state index in [0.29, 0.717) is 23.5 Å². The van der Waals surface area contributed by atoms with Crippen molar-refractivity contribution in [2.75, 3.05) is 6.54 Å². The number of aliphatic hydroxyl groups excluding tert-OH is 1. The highest BCUT2D eigenvalue weighted by Gasteiger charge is 2.47. The van der Waals surface area contributed by atoms with Crippen molar-refractivity contribution in [2.24, 2.45) is 0 Å². The molecule has 1 fully saturated rings. The summed E-state index contributed by atoms with van der Waals surface area (Å²) in [5.41, 5.74) is 2.40. The van der Waals surface area contributed by atoms with Gasteiger partial charge in [-0.15, -0.1) is 0 Å². The first-order valence-electron chi connectivity index (χ1n) is 10.6. The molecule has 6 heteroatoms. The number of furan rings is 1. The molecule has 0 spiro atoms. The summed E-state index contributed by atoms with van der Waals surface area (Å²) >= 11 is 0. The Morgan fingerprint density at radius 3 is 2.25 bits per heavy atom. The zero-order chi connectivity index (χ0) is 22.8. The van der Waals surface area contributed by atoms with E-state index >= 15 is 0 Å². The minimum absolute atomic E-state index is 0.00713. The number of halogens is 1. The molecule has 3 aromatic rings. The number of amides is 1. The fourth-order valence-corrected chi connectivity index (χ4v) is 3.96. The van der Waals surface area contributed by atoms with Crippen molar-refractivity contribution in [3.63, 3.8) is 0 Å². The van der Waals surface area contributed by atoms with Crippen LogP contribution in [0.25, 0.3) is 5.76 Å². The summed E-state index contributed by atoms with van der Waals surface area (Å²) in [7, 11) is 0. The van der Waals surface area contributed by atoms with Crippen LogP contribution in [0.15, 0.2) is 70.7 Å². The summed E-state index contributed by atoms with van der Waals surface area (Å²) in [5, 5.41) is 11.0. The number of hydrogen-bond acceptors (Lipinski definition) is 4. The van der Waals surface area contributed by atoms with Crippen molar-refractivity contribution in [1.29, 1.82) is 0 Å². The van der Waals surface area contributed by atoms with Crippen molar-refractivity contribution < 1.29 is 23.5 Å². The Labute approximate surface area is 185 Å². The number of aryl methyl sites for hydroxylation is 2. The molecule has 1 unspecified atom stereocenters. The maximum Gasteiger partial charge on any atom is 0.295 e. The SMILES string of the molecule is CCc1ccc(/C(O)=C2/C(=O)C(=O)N(CCc3ccc(F)cc3)C2c2ccc(C)o2)cc1. The number of rotatable bonds is 6. The van der Waals surface area contributed by atoms with Crippen LogP contribution in [0.2, 0.25) is 0 Å². The Morgan fingerprint density at radius 2 is 1.66 bits per heavy atom. The number of hydrogen-bond donors (Lipinski definition) is 1. The molecule has 1 aliphatic rings. The summed E-state index contributed by atoms with van der Waals surface area (Å²) in [6, 6.07) is 15.9. The van der Waals surface area contributed by atoms with Gasteiger partial charge in [0.2, 0.25) is 0 Å². The maximum atomic E-state index is 13.2. The lowest BCUT2D eigenvalue weighted by molar-refractivity contribution is -0.140. The predicted octanol–water partition coefficient (Wildman–Crippen LogP) is 4.95. The van der Waals surface area contributed by atoms with E-state index < -0.39 is 17.7 Å². The minimum Gasteiger partial charge on any atom is -0.507 e. The van der Waals surface area contributed by atoms with Gasteiger partial charge in [0, 0.05) is 12.1 Å². The Morgan fingerprint density at radius 1 is 1.00 bits per heavy atom. The van der Waals surface area contributed by atoms with Crippen LogP contribution in [-0.2, 0) is 22.4 Å². The zero-order valence-corrected chi connectivity index (χ0v) is 18.0. The van der Waals surface area contributed by atoms with Crippen LogP contribution < -0.4 is 0 Å². The van der Waals surface area contributed by atoms with Gasteiger partial charge in [0.1, 0.15) is 29.1 Å². The van der Waals surface area contributed by atoms with Gasteiger partial charge in [-0.25, -0.2) is 4.39 Å². The van der Waals surface area contributed by atoms with Gasteiger partial charge in [-0.05, 0) is 55.2 Å². The zero-order valence-electron chi connectivity index (χ0n) is 18.0. The fourth-order valence-electron chi connectivity index (χ4n) is 3.96. The van der Waals surface area contributed by atoms with Crippen molar-refractivity contribution in [1.82, 2.24) is 4.90 Å². The van der Waals surface area contributed by atoms with Gasteiger partial charge in [-0.3, -0.25) is 9.59 Å². The molecule has 0 saturated carbocycles. The maximum absolute atomic E-state index is 13.2. The Kier molecular flexibility index (Phi) is 5.95. The normalized spacial score (nSPS) is 17.8. The first-order chi connectivity index (χ1) is 15.4. The summed E-state index contributed by atoms with van der Waals surface area (Å²) in [6.07, 6.45) is 1.27. The molecular formula is C26H24FNO4. The van der Waals surface area contributed by atoms with E-state index in [0.717, 1.165) is 17.5 Å². The van der Waals surface area contributed by atoms with Crippen LogP contribution in [0.1, 0.15) is 41.2 Å². The smallest absolute Gasteiger partial charge is 0.295 e. The number of nitrogens with zero attached hydrogens (tertiary/aromatic N) is 1. The van der Waals surface area contributed by atoms with E-state index in [1.165, 1.54) is 17.0 Å². The van der Waals surface area contributed by atoms with E-state index in [2.05, 4.69) is 0 Å². The van der Waals surface area contributed by atoms with Crippen molar-refractivity contribution in [3.8, 4) is 0 Å². The molecule has 1 aliphatic heterocycles. The van der Waals surface area contributed by atoms with Crippen molar-refractivity contribution in [3.05, 3.63) is 100 Å². The van der Waals surface area contributed by atoms with E-state index in [4.69, 9.17) is 4.42 Å². The lowest BCUT2D eigenvalue weighted by Gasteiger charge is -2.23. The molecule has 0 radical (unpaired) electrons. The van der Waals surface area contributed by atoms with Gasteiger partial charge < -0.3 is 14.4 Å². The Balaban J connectivity index is 1.73. The highest BCUT2D eigenvalue weighted by molar-refractivity contribution is 6.46. The molecule has 2 heterocycles.